The quantitative estimate of drug-likeness (QED) is 0.910. The third kappa shape index (κ3) is 2.21. The summed E-state index contributed by atoms with van der Waals surface area (Å²) in [5.74, 6) is 0. The molecule has 0 saturated carbocycles. The minimum absolute atomic E-state index is 0.868. The molecular weight excluding hydrogens is 234 g/mol. The summed E-state index contributed by atoms with van der Waals surface area (Å²) in [5.41, 5.74) is 10.2. The Morgan fingerprint density at radius 3 is 2.58 bits per heavy atom. The second kappa shape index (κ2) is 4.65. The second-order valence-electron chi connectivity index (χ2n) is 5.42. The summed E-state index contributed by atoms with van der Waals surface area (Å²) in [7, 11) is 2.16. The lowest BCUT2D eigenvalue weighted by Crippen LogP contribution is -2.17. The Morgan fingerprint density at radius 1 is 1.11 bits per heavy atom. The molecule has 100 valence electrons. The molecule has 2 aromatic rings. The number of aromatic nitrogens is 1. The van der Waals surface area contributed by atoms with Crippen LogP contribution < -0.4 is 10.3 Å². The topological polar surface area (TPSA) is 20.2 Å². The van der Waals surface area contributed by atoms with Gasteiger partial charge in [0.1, 0.15) is 0 Å². The van der Waals surface area contributed by atoms with Crippen molar-refractivity contribution in [2.45, 2.75) is 26.8 Å². The number of nitrogens with one attached hydrogen (secondary N) is 1. The van der Waals surface area contributed by atoms with Crippen LogP contribution in [0.15, 0.2) is 30.3 Å². The van der Waals surface area contributed by atoms with Gasteiger partial charge in [-0.05, 0) is 49.6 Å². The zero-order valence-corrected chi connectivity index (χ0v) is 11.9. The molecule has 0 unspecified atom stereocenters. The Balaban J connectivity index is 1.75. The van der Waals surface area contributed by atoms with Gasteiger partial charge in [-0.1, -0.05) is 12.1 Å². The van der Waals surface area contributed by atoms with Crippen molar-refractivity contribution in [3.63, 3.8) is 0 Å². The van der Waals surface area contributed by atoms with Crippen molar-refractivity contribution in [2.24, 2.45) is 0 Å². The number of benzene rings is 1. The molecule has 0 spiro atoms. The fraction of sp³-hybridized carbons (Fsp3) is 0.375. The molecule has 0 saturated heterocycles. The van der Waals surface area contributed by atoms with Crippen molar-refractivity contribution < 1.29 is 0 Å². The Morgan fingerprint density at radius 2 is 1.84 bits per heavy atom. The zero-order chi connectivity index (χ0) is 13.4. The van der Waals surface area contributed by atoms with Crippen molar-refractivity contribution in [1.29, 1.82) is 0 Å². The van der Waals surface area contributed by atoms with Crippen molar-refractivity contribution in [1.82, 2.24) is 4.68 Å². The fourth-order valence-corrected chi connectivity index (χ4v) is 2.82. The van der Waals surface area contributed by atoms with E-state index in [1.807, 2.05) is 0 Å². The van der Waals surface area contributed by atoms with Crippen LogP contribution in [0.5, 0.6) is 0 Å². The second-order valence-corrected chi connectivity index (χ2v) is 5.42. The van der Waals surface area contributed by atoms with E-state index in [0.717, 1.165) is 13.1 Å². The van der Waals surface area contributed by atoms with E-state index in [2.05, 4.69) is 66.2 Å². The number of fused-ring (bicyclic) bond motifs is 1. The third-order valence-corrected chi connectivity index (χ3v) is 3.98. The van der Waals surface area contributed by atoms with Crippen LogP contribution >= 0.6 is 0 Å². The molecular formula is C16H21N3. The summed E-state index contributed by atoms with van der Waals surface area (Å²) < 4.78 is 2.15. The Kier molecular flexibility index (Phi) is 2.97. The largest absolute Gasteiger partial charge is 0.374 e. The summed E-state index contributed by atoms with van der Waals surface area (Å²) in [6.45, 7) is 6.25. The number of aryl methyl sites for hydroxylation is 2. The molecule has 1 aliphatic heterocycles. The smallest absolute Gasteiger partial charge is 0.0564 e. The van der Waals surface area contributed by atoms with Gasteiger partial charge in [-0.25, -0.2) is 0 Å². The van der Waals surface area contributed by atoms with Crippen LogP contribution in [0.25, 0.3) is 0 Å². The highest BCUT2D eigenvalue weighted by Gasteiger charge is 2.15. The number of nitrogens with zero attached hydrogens (tertiary/aromatic N) is 2. The van der Waals surface area contributed by atoms with Crippen molar-refractivity contribution in [2.75, 3.05) is 23.9 Å². The number of rotatable bonds is 3. The van der Waals surface area contributed by atoms with Gasteiger partial charge in [0.15, 0.2) is 0 Å². The molecule has 2 heterocycles. The van der Waals surface area contributed by atoms with Crippen LogP contribution in [0, 0.1) is 13.8 Å². The third-order valence-electron chi connectivity index (χ3n) is 3.98. The predicted octanol–water partition coefficient (Wildman–Crippen LogP) is 2.84. The van der Waals surface area contributed by atoms with Crippen LogP contribution in [0.3, 0.4) is 0 Å². The molecule has 1 N–H and O–H groups in total. The minimum atomic E-state index is 0.868. The van der Waals surface area contributed by atoms with E-state index in [4.69, 9.17) is 0 Å². The first kappa shape index (κ1) is 12.2. The molecule has 0 amide bonds. The minimum Gasteiger partial charge on any atom is -0.374 e. The summed E-state index contributed by atoms with van der Waals surface area (Å²) in [6, 6.07) is 11.1. The van der Waals surface area contributed by atoms with E-state index in [0.29, 0.717) is 0 Å². The molecule has 1 aromatic heterocycles. The van der Waals surface area contributed by atoms with Crippen LogP contribution in [-0.2, 0) is 13.0 Å². The molecule has 0 aliphatic carbocycles. The average Bonchev–Trinajstić information content (AvgIpc) is 2.92. The van der Waals surface area contributed by atoms with Gasteiger partial charge in [-0.2, -0.15) is 0 Å². The lowest BCUT2D eigenvalue weighted by molar-refractivity contribution is 0.792. The van der Waals surface area contributed by atoms with Crippen molar-refractivity contribution in [3.05, 3.63) is 52.8 Å². The Hall–Kier alpha value is -1.90. The van der Waals surface area contributed by atoms with E-state index >= 15 is 0 Å². The standard InChI is InChI=1S/C16H21N3/c1-12-4-5-13(2)19(12)17-11-14-6-7-16-15(10-14)8-9-18(16)3/h4-7,10,17H,8-9,11H2,1-3H3. The first-order chi connectivity index (χ1) is 9.15. The summed E-state index contributed by atoms with van der Waals surface area (Å²) in [4.78, 5) is 2.33. The molecule has 3 heteroatoms. The highest BCUT2D eigenvalue weighted by molar-refractivity contribution is 5.58. The first-order valence-corrected chi connectivity index (χ1v) is 6.87. The lowest BCUT2D eigenvalue weighted by atomic mass is 10.1. The number of likely N-dealkylation sites (N-methyl/N-ethyl adjacent to an activating group) is 1. The van der Waals surface area contributed by atoms with Gasteiger partial charge in [0.25, 0.3) is 0 Å². The van der Waals surface area contributed by atoms with E-state index < -0.39 is 0 Å². The zero-order valence-electron chi connectivity index (χ0n) is 11.9. The van der Waals surface area contributed by atoms with Crippen LogP contribution in [0.1, 0.15) is 22.5 Å². The maximum Gasteiger partial charge on any atom is 0.0564 e. The molecule has 1 aliphatic rings. The molecule has 0 radical (unpaired) electrons. The number of hydrogen-bond donors (Lipinski definition) is 1. The first-order valence-electron chi connectivity index (χ1n) is 6.87. The maximum atomic E-state index is 3.48. The van der Waals surface area contributed by atoms with Gasteiger partial charge < -0.3 is 10.3 Å². The molecule has 19 heavy (non-hydrogen) atoms. The van der Waals surface area contributed by atoms with Crippen LogP contribution in [0.4, 0.5) is 5.69 Å². The molecule has 3 rings (SSSR count). The van der Waals surface area contributed by atoms with E-state index in [-0.39, 0.29) is 0 Å². The van der Waals surface area contributed by atoms with E-state index in [9.17, 15) is 0 Å². The van der Waals surface area contributed by atoms with E-state index in [1.165, 1.54) is 34.6 Å². The van der Waals surface area contributed by atoms with E-state index in [1.54, 1.807) is 0 Å². The molecule has 1 aromatic carbocycles. The summed E-state index contributed by atoms with van der Waals surface area (Å²) in [5, 5.41) is 0. The van der Waals surface area contributed by atoms with Gasteiger partial charge >= 0.3 is 0 Å². The van der Waals surface area contributed by atoms with Gasteiger partial charge in [0.05, 0.1) is 6.54 Å². The summed E-state index contributed by atoms with van der Waals surface area (Å²) in [6.07, 6.45) is 1.17. The Labute approximate surface area is 114 Å². The molecule has 0 fully saturated rings. The van der Waals surface area contributed by atoms with Gasteiger partial charge in [0, 0.05) is 30.7 Å². The highest BCUT2D eigenvalue weighted by atomic mass is 15.4. The van der Waals surface area contributed by atoms with Crippen LogP contribution in [-0.4, -0.2) is 18.3 Å². The SMILES string of the molecule is Cc1ccc(C)n1NCc1ccc2c(c1)CCN2C. The van der Waals surface area contributed by atoms with Gasteiger partial charge in [0.2, 0.25) is 0 Å². The molecule has 0 atom stereocenters. The normalized spacial score (nSPS) is 13.7. The number of hydrogen-bond acceptors (Lipinski definition) is 2. The van der Waals surface area contributed by atoms with Crippen molar-refractivity contribution >= 4 is 5.69 Å². The van der Waals surface area contributed by atoms with Gasteiger partial charge in [-0.15, -0.1) is 0 Å². The molecule has 3 nitrogen and oxygen atoms in total. The lowest BCUT2D eigenvalue weighted by Gasteiger charge is -2.15. The fourth-order valence-electron chi connectivity index (χ4n) is 2.82. The Bertz CT molecular complexity index is 579. The number of anilines is 1. The van der Waals surface area contributed by atoms with Gasteiger partial charge in [-0.3, -0.25) is 4.68 Å². The van der Waals surface area contributed by atoms with Crippen molar-refractivity contribution in [3.8, 4) is 0 Å². The maximum absolute atomic E-state index is 3.48. The summed E-state index contributed by atoms with van der Waals surface area (Å²) >= 11 is 0. The average molecular weight is 255 g/mol. The molecule has 0 bridgehead atoms. The monoisotopic (exact) mass is 255 g/mol. The predicted molar refractivity (Wildman–Crippen MR) is 80.4 cm³/mol. The highest BCUT2D eigenvalue weighted by Crippen LogP contribution is 2.27. The van der Waals surface area contributed by atoms with Crippen LogP contribution in [0.2, 0.25) is 0 Å².